The maximum atomic E-state index is 14.9. The number of aromatic nitrogens is 3. The van der Waals surface area contributed by atoms with E-state index in [-0.39, 0.29) is 41.8 Å². The third kappa shape index (κ3) is 8.42. The SMILES string of the molecule is CCOC(=O)CC(Cc1cnn(-c2ccc(Oc3ncc(Cl)cc3F)cc2F)c1)NC(=O)OC(C)(C)C. The van der Waals surface area contributed by atoms with Crippen molar-refractivity contribution in [1.82, 2.24) is 20.1 Å². The molecule has 0 fully saturated rings. The van der Waals surface area contributed by atoms with E-state index in [1.165, 1.54) is 29.2 Å². The monoisotopic (exact) mass is 536 g/mol. The van der Waals surface area contributed by atoms with E-state index in [2.05, 4.69) is 15.4 Å². The Bertz CT molecular complexity index is 1260. The summed E-state index contributed by atoms with van der Waals surface area (Å²) in [7, 11) is 0. The fourth-order valence-electron chi connectivity index (χ4n) is 3.28. The molecule has 0 aliphatic rings. The minimum absolute atomic E-state index is 0.0263. The molecule has 2 heterocycles. The molecule has 2 aromatic heterocycles. The molecule has 0 saturated heterocycles. The van der Waals surface area contributed by atoms with Gasteiger partial charge in [0.1, 0.15) is 17.0 Å². The molecular weight excluding hydrogens is 510 g/mol. The first-order valence-electron chi connectivity index (χ1n) is 11.4. The number of amides is 1. The van der Waals surface area contributed by atoms with Gasteiger partial charge in [0.15, 0.2) is 11.6 Å². The second-order valence-corrected chi connectivity index (χ2v) is 9.44. The normalized spacial score (nSPS) is 12.1. The highest BCUT2D eigenvalue weighted by Gasteiger charge is 2.23. The summed E-state index contributed by atoms with van der Waals surface area (Å²) in [5.74, 6) is -2.27. The lowest BCUT2D eigenvalue weighted by atomic mass is 10.1. The topological polar surface area (TPSA) is 105 Å². The van der Waals surface area contributed by atoms with Crippen LogP contribution >= 0.6 is 11.6 Å². The molecule has 1 N–H and O–H groups in total. The molecule has 1 atom stereocenters. The number of halogens is 3. The van der Waals surface area contributed by atoms with Crippen LogP contribution in [0, 0.1) is 11.6 Å². The number of carbonyl (C=O) groups is 2. The van der Waals surface area contributed by atoms with Gasteiger partial charge in [-0.15, -0.1) is 0 Å². The number of alkyl carbamates (subject to hydrolysis) is 1. The van der Waals surface area contributed by atoms with Crippen molar-refractivity contribution in [1.29, 1.82) is 0 Å². The Morgan fingerprint density at radius 2 is 1.92 bits per heavy atom. The van der Waals surface area contributed by atoms with Gasteiger partial charge in [-0.25, -0.2) is 23.2 Å². The summed E-state index contributed by atoms with van der Waals surface area (Å²) >= 11 is 5.68. The summed E-state index contributed by atoms with van der Waals surface area (Å²) in [5, 5.41) is 6.96. The Labute approximate surface area is 217 Å². The summed E-state index contributed by atoms with van der Waals surface area (Å²) in [4.78, 5) is 28.1. The molecule has 3 rings (SSSR count). The zero-order chi connectivity index (χ0) is 27.2. The van der Waals surface area contributed by atoms with Crippen molar-refractivity contribution in [3.8, 4) is 17.3 Å². The Hall–Kier alpha value is -3.73. The Morgan fingerprint density at radius 3 is 2.57 bits per heavy atom. The molecular formula is C25H27ClF2N4O5. The molecule has 0 bridgehead atoms. The third-order valence-corrected chi connectivity index (χ3v) is 4.92. The average Bonchev–Trinajstić information content (AvgIpc) is 3.22. The zero-order valence-corrected chi connectivity index (χ0v) is 21.5. The third-order valence-electron chi connectivity index (χ3n) is 4.71. The first kappa shape index (κ1) is 27.9. The predicted octanol–water partition coefficient (Wildman–Crippen LogP) is 5.38. The molecule has 1 unspecified atom stereocenters. The Kier molecular flexibility index (Phi) is 9.04. The molecule has 1 aromatic carbocycles. The lowest BCUT2D eigenvalue weighted by Crippen LogP contribution is -2.41. The van der Waals surface area contributed by atoms with E-state index in [4.69, 9.17) is 25.8 Å². The minimum atomic E-state index is -0.786. The van der Waals surface area contributed by atoms with Crippen molar-refractivity contribution in [2.24, 2.45) is 0 Å². The maximum absolute atomic E-state index is 14.9. The lowest BCUT2D eigenvalue weighted by Gasteiger charge is -2.23. The van der Waals surface area contributed by atoms with Crippen LogP contribution in [0.25, 0.3) is 5.69 Å². The van der Waals surface area contributed by atoms with Crippen molar-refractivity contribution in [2.75, 3.05) is 6.61 Å². The number of pyridine rings is 1. The van der Waals surface area contributed by atoms with Gasteiger partial charge < -0.3 is 19.5 Å². The number of nitrogens with one attached hydrogen (secondary N) is 1. The molecule has 1 amide bonds. The fraction of sp³-hybridized carbons (Fsp3) is 0.360. The number of benzene rings is 1. The van der Waals surface area contributed by atoms with Gasteiger partial charge >= 0.3 is 12.1 Å². The molecule has 0 spiro atoms. The summed E-state index contributed by atoms with van der Waals surface area (Å²) in [5.41, 5.74) is 0.00869. The Balaban J connectivity index is 1.73. The van der Waals surface area contributed by atoms with Gasteiger partial charge in [-0.05, 0) is 57.9 Å². The molecule has 0 saturated carbocycles. The van der Waals surface area contributed by atoms with Crippen molar-refractivity contribution in [3.63, 3.8) is 0 Å². The summed E-state index contributed by atoms with van der Waals surface area (Å²) in [6, 6.07) is 4.30. The number of nitrogens with zero attached hydrogens (tertiary/aromatic N) is 3. The standard InChI is InChI=1S/C25H27ClF2N4O5/c1-5-35-22(33)10-17(31-24(34)37-25(2,3)4)8-15-12-30-32(14-15)21-7-6-18(11-19(21)27)36-23-20(28)9-16(26)13-29-23/h6-7,9,11-14,17H,5,8,10H2,1-4H3,(H,31,34). The smallest absolute Gasteiger partial charge is 0.407 e. The first-order valence-corrected chi connectivity index (χ1v) is 11.8. The van der Waals surface area contributed by atoms with Crippen LogP contribution in [-0.2, 0) is 20.7 Å². The largest absolute Gasteiger partial charge is 0.466 e. The van der Waals surface area contributed by atoms with E-state index < -0.39 is 35.3 Å². The lowest BCUT2D eigenvalue weighted by molar-refractivity contribution is -0.143. The van der Waals surface area contributed by atoms with Crippen LogP contribution < -0.4 is 10.1 Å². The number of hydrogen-bond acceptors (Lipinski definition) is 7. The van der Waals surface area contributed by atoms with Gasteiger partial charge in [0.2, 0.25) is 0 Å². The van der Waals surface area contributed by atoms with E-state index in [1.54, 1.807) is 33.9 Å². The predicted molar refractivity (Wildman–Crippen MR) is 131 cm³/mol. The number of rotatable bonds is 9. The van der Waals surface area contributed by atoms with E-state index in [1.807, 2.05) is 0 Å². The number of carbonyl (C=O) groups excluding carboxylic acids is 2. The minimum Gasteiger partial charge on any atom is -0.466 e. The fourth-order valence-corrected chi connectivity index (χ4v) is 3.42. The van der Waals surface area contributed by atoms with Crippen LogP contribution in [0.2, 0.25) is 5.02 Å². The molecule has 12 heteroatoms. The highest BCUT2D eigenvalue weighted by molar-refractivity contribution is 6.30. The van der Waals surface area contributed by atoms with Gasteiger partial charge in [-0.1, -0.05) is 11.6 Å². The molecule has 0 aliphatic heterocycles. The second kappa shape index (κ2) is 12.0. The Morgan fingerprint density at radius 1 is 1.16 bits per heavy atom. The second-order valence-electron chi connectivity index (χ2n) is 9.01. The van der Waals surface area contributed by atoms with Crippen molar-refractivity contribution in [2.45, 2.75) is 52.2 Å². The van der Waals surface area contributed by atoms with E-state index in [0.717, 1.165) is 12.1 Å². The quantitative estimate of drug-likeness (QED) is 0.366. The van der Waals surface area contributed by atoms with E-state index in [9.17, 15) is 18.4 Å². The van der Waals surface area contributed by atoms with Crippen LogP contribution in [0.5, 0.6) is 11.6 Å². The number of ether oxygens (including phenoxy) is 3. The summed E-state index contributed by atoms with van der Waals surface area (Å²) in [6.45, 7) is 7.07. The van der Waals surface area contributed by atoms with Gasteiger partial charge in [-0.3, -0.25) is 4.79 Å². The average molecular weight is 537 g/mol. The summed E-state index contributed by atoms with van der Waals surface area (Å²) < 4.78 is 45.7. The number of hydrogen-bond donors (Lipinski definition) is 1. The van der Waals surface area contributed by atoms with Crippen LogP contribution in [-0.4, -0.2) is 45.1 Å². The maximum Gasteiger partial charge on any atom is 0.407 e. The highest BCUT2D eigenvalue weighted by Crippen LogP contribution is 2.27. The van der Waals surface area contributed by atoms with Crippen LogP contribution in [0.3, 0.4) is 0 Å². The molecule has 198 valence electrons. The highest BCUT2D eigenvalue weighted by atomic mass is 35.5. The van der Waals surface area contributed by atoms with Crippen molar-refractivity contribution < 1.29 is 32.6 Å². The molecule has 0 aliphatic carbocycles. The van der Waals surface area contributed by atoms with Gasteiger partial charge in [-0.2, -0.15) is 5.10 Å². The molecule has 0 radical (unpaired) electrons. The van der Waals surface area contributed by atoms with Crippen LogP contribution in [0.1, 0.15) is 39.7 Å². The van der Waals surface area contributed by atoms with Gasteiger partial charge in [0, 0.05) is 24.5 Å². The molecule has 3 aromatic rings. The van der Waals surface area contributed by atoms with Crippen LogP contribution in [0.15, 0.2) is 42.9 Å². The number of esters is 1. The first-order chi connectivity index (χ1) is 17.4. The van der Waals surface area contributed by atoms with E-state index in [0.29, 0.717) is 5.56 Å². The molecule has 9 nitrogen and oxygen atoms in total. The van der Waals surface area contributed by atoms with Crippen molar-refractivity contribution in [3.05, 3.63) is 65.1 Å². The van der Waals surface area contributed by atoms with Gasteiger partial charge in [0.05, 0.1) is 24.2 Å². The van der Waals surface area contributed by atoms with E-state index >= 15 is 0 Å². The molecule has 37 heavy (non-hydrogen) atoms. The summed E-state index contributed by atoms with van der Waals surface area (Å²) in [6.07, 6.45) is 3.71. The van der Waals surface area contributed by atoms with Gasteiger partial charge in [0.25, 0.3) is 5.88 Å². The van der Waals surface area contributed by atoms with Crippen molar-refractivity contribution >= 4 is 23.7 Å². The van der Waals surface area contributed by atoms with Crippen LogP contribution in [0.4, 0.5) is 13.6 Å². The zero-order valence-electron chi connectivity index (χ0n) is 20.8.